The van der Waals surface area contributed by atoms with Crippen LogP contribution in [0.25, 0.3) is 55.1 Å². The Morgan fingerprint density at radius 1 is 0.781 bits per heavy atom. The molecule has 3 nitrogen and oxygen atoms in total. The van der Waals surface area contributed by atoms with Gasteiger partial charge in [0.05, 0.1) is 5.69 Å². The molecule has 0 bridgehead atoms. The zero-order valence-electron chi connectivity index (χ0n) is 18.8. The number of para-hydroxylation sites is 2. The maximum Gasteiger partial charge on any atom is 0.144 e. The van der Waals surface area contributed by atoms with E-state index in [9.17, 15) is 0 Å². The molecule has 0 aliphatic carbocycles. The van der Waals surface area contributed by atoms with Gasteiger partial charge in [-0.15, -0.1) is 0 Å². The minimum absolute atomic E-state index is 0.211. The summed E-state index contributed by atoms with van der Waals surface area (Å²) in [6.45, 7) is 8.95. The Morgan fingerprint density at radius 2 is 1.50 bits per heavy atom. The lowest BCUT2D eigenvalue weighted by molar-refractivity contribution is 0.410. The molecule has 0 aliphatic heterocycles. The summed E-state index contributed by atoms with van der Waals surface area (Å²) < 4.78 is 12.6. The maximum absolute atomic E-state index is 6.45. The predicted octanol–water partition coefficient (Wildman–Crippen LogP) is 8.44. The third-order valence-electron chi connectivity index (χ3n) is 6.21. The molecule has 3 heteroatoms. The third-order valence-corrected chi connectivity index (χ3v) is 6.21. The van der Waals surface area contributed by atoms with Crippen LogP contribution in [0.5, 0.6) is 0 Å². The molecule has 158 valence electrons. The van der Waals surface area contributed by atoms with Crippen LogP contribution < -0.4 is 0 Å². The van der Waals surface area contributed by atoms with Gasteiger partial charge in [-0.05, 0) is 60.2 Å². The Kier molecular flexibility index (Phi) is 4.00. The van der Waals surface area contributed by atoms with Crippen molar-refractivity contribution in [2.45, 2.75) is 34.1 Å². The van der Waals surface area contributed by atoms with Gasteiger partial charge in [-0.25, -0.2) is 0 Å². The van der Waals surface area contributed by atoms with Crippen LogP contribution >= 0.6 is 0 Å². The first-order valence-electron chi connectivity index (χ1n) is 11.1. The van der Waals surface area contributed by atoms with Crippen LogP contribution in [-0.2, 0) is 6.42 Å². The second-order valence-electron chi connectivity index (χ2n) is 9.93. The molecule has 0 saturated carbocycles. The first kappa shape index (κ1) is 19.1. The minimum Gasteiger partial charge on any atom is -0.456 e. The molecule has 3 aromatic heterocycles. The van der Waals surface area contributed by atoms with Crippen molar-refractivity contribution in [1.82, 2.24) is 4.98 Å². The normalized spacial score (nSPS) is 12.5. The second kappa shape index (κ2) is 6.70. The summed E-state index contributed by atoms with van der Waals surface area (Å²) in [7, 11) is 0. The van der Waals surface area contributed by atoms with Crippen molar-refractivity contribution in [3.8, 4) is 11.3 Å². The summed E-state index contributed by atoms with van der Waals surface area (Å²) >= 11 is 0. The highest BCUT2D eigenvalue weighted by Crippen LogP contribution is 2.42. The minimum atomic E-state index is 0.211. The van der Waals surface area contributed by atoms with Gasteiger partial charge in [0.1, 0.15) is 22.3 Å². The van der Waals surface area contributed by atoms with Crippen LogP contribution in [0.3, 0.4) is 0 Å². The molecule has 0 radical (unpaired) electrons. The van der Waals surface area contributed by atoms with Gasteiger partial charge in [0.25, 0.3) is 0 Å². The predicted molar refractivity (Wildman–Crippen MR) is 132 cm³/mol. The fourth-order valence-corrected chi connectivity index (χ4v) is 4.78. The van der Waals surface area contributed by atoms with Gasteiger partial charge in [-0.1, -0.05) is 51.1 Å². The van der Waals surface area contributed by atoms with E-state index in [2.05, 4.69) is 64.1 Å². The van der Waals surface area contributed by atoms with E-state index in [-0.39, 0.29) is 5.41 Å². The topological polar surface area (TPSA) is 39.2 Å². The van der Waals surface area contributed by atoms with Crippen molar-refractivity contribution in [3.63, 3.8) is 0 Å². The molecule has 3 aromatic carbocycles. The number of furan rings is 2. The number of aryl methyl sites for hydroxylation is 1. The van der Waals surface area contributed by atoms with E-state index in [1.807, 2.05) is 30.5 Å². The van der Waals surface area contributed by atoms with Gasteiger partial charge >= 0.3 is 0 Å². The first-order chi connectivity index (χ1) is 15.4. The lowest BCUT2D eigenvalue weighted by Crippen LogP contribution is -2.10. The maximum atomic E-state index is 6.45. The van der Waals surface area contributed by atoms with Gasteiger partial charge in [-0.3, -0.25) is 4.98 Å². The fraction of sp³-hybridized carbons (Fsp3) is 0.207. The molecule has 6 aromatic rings. The Bertz CT molecular complexity index is 1640. The summed E-state index contributed by atoms with van der Waals surface area (Å²) in [5, 5.41) is 4.42. The largest absolute Gasteiger partial charge is 0.456 e. The Morgan fingerprint density at radius 3 is 2.31 bits per heavy atom. The smallest absolute Gasteiger partial charge is 0.144 e. The lowest BCUT2D eigenvalue weighted by Gasteiger charge is -2.20. The highest BCUT2D eigenvalue weighted by atomic mass is 16.3. The van der Waals surface area contributed by atoms with Crippen molar-refractivity contribution in [2.75, 3.05) is 0 Å². The molecule has 0 N–H and O–H groups in total. The number of aromatic nitrogens is 1. The average Bonchev–Trinajstić information content (AvgIpc) is 3.32. The highest BCUT2D eigenvalue weighted by Gasteiger charge is 2.19. The van der Waals surface area contributed by atoms with Crippen molar-refractivity contribution >= 4 is 43.9 Å². The third kappa shape index (κ3) is 2.92. The SMILES string of the molecule is Cc1cnc(-c2cccc3c2oc2ccc4oc5ccccc5c4c23)cc1CC(C)(C)C. The number of pyridine rings is 1. The Hall–Kier alpha value is -3.59. The van der Waals surface area contributed by atoms with Crippen molar-refractivity contribution in [2.24, 2.45) is 5.41 Å². The number of hydrogen-bond donors (Lipinski definition) is 0. The zero-order chi connectivity index (χ0) is 22.0. The van der Waals surface area contributed by atoms with Gasteiger partial charge in [0, 0.05) is 33.3 Å². The van der Waals surface area contributed by atoms with Crippen LogP contribution in [0, 0.1) is 12.3 Å². The van der Waals surface area contributed by atoms with Crippen molar-refractivity contribution in [1.29, 1.82) is 0 Å². The number of rotatable bonds is 2. The van der Waals surface area contributed by atoms with Crippen LogP contribution in [0.2, 0.25) is 0 Å². The molecule has 3 heterocycles. The van der Waals surface area contributed by atoms with Crippen molar-refractivity contribution in [3.05, 3.63) is 78.0 Å². The summed E-state index contributed by atoms with van der Waals surface area (Å²) in [6.07, 6.45) is 2.99. The number of hydrogen-bond acceptors (Lipinski definition) is 3. The molecule has 6 rings (SSSR count). The molecular formula is C29H25NO2. The second-order valence-corrected chi connectivity index (χ2v) is 9.93. The molecule has 0 fully saturated rings. The molecule has 0 aliphatic rings. The molecular weight excluding hydrogens is 394 g/mol. The van der Waals surface area contributed by atoms with E-state index in [4.69, 9.17) is 13.8 Å². The van der Waals surface area contributed by atoms with Gasteiger partial charge in [-0.2, -0.15) is 0 Å². The molecule has 0 atom stereocenters. The molecule has 0 amide bonds. The van der Waals surface area contributed by atoms with Crippen molar-refractivity contribution < 1.29 is 8.83 Å². The van der Waals surface area contributed by atoms with E-state index in [1.165, 1.54) is 11.1 Å². The Balaban J connectivity index is 1.64. The van der Waals surface area contributed by atoms with Crippen LogP contribution in [0.4, 0.5) is 0 Å². The molecule has 0 spiro atoms. The van der Waals surface area contributed by atoms with E-state index in [1.54, 1.807) is 0 Å². The van der Waals surface area contributed by atoms with Gasteiger partial charge in [0.2, 0.25) is 0 Å². The first-order valence-corrected chi connectivity index (χ1v) is 11.1. The number of fused-ring (bicyclic) bond motifs is 7. The molecule has 32 heavy (non-hydrogen) atoms. The monoisotopic (exact) mass is 419 g/mol. The molecule has 0 unspecified atom stereocenters. The molecule has 0 saturated heterocycles. The Labute approximate surface area is 186 Å². The summed E-state index contributed by atoms with van der Waals surface area (Å²) in [6, 6.07) is 20.8. The van der Waals surface area contributed by atoms with E-state index in [0.717, 1.165) is 61.6 Å². The lowest BCUT2D eigenvalue weighted by atomic mass is 9.86. The van der Waals surface area contributed by atoms with Crippen LogP contribution in [-0.4, -0.2) is 4.98 Å². The van der Waals surface area contributed by atoms with Gasteiger partial charge < -0.3 is 8.83 Å². The summed E-state index contributed by atoms with van der Waals surface area (Å²) in [4.78, 5) is 4.78. The standard InChI is InChI=1S/C29H25NO2/c1-17-16-30-22(14-18(17)15-29(2,3)4)19-9-7-10-21-27-25(32-28(19)21)13-12-24-26(27)20-8-5-6-11-23(20)31-24/h5-14,16H,15H2,1-4H3. The van der Waals surface area contributed by atoms with Gasteiger partial charge in [0.15, 0.2) is 0 Å². The quantitative estimate of drug-likeness (QED) is 0.283. The summed E-state index contributed by atoms with van der Waals surface area (Å²) in [5.74, 6) is 0. The van der Waals surface area contributed by atoms with Crippen LogP contribution in [0.1, 0.15) is 31.9 Å². The fourth-order valence-electron chi connectivity index (χ4n) is 4.78. The average molecular weight is 420 g/mol. The highest BCUT2D eigenvalue weighted by molar-refractivity contribution is 6.26. The number of benzene rings is 3. The van der Waals surface area contributed by atoms with E-state index in [0.29, 0.717) is 0 Å². The van der Waals surface area contributed by atoms with Crippen LogP contribution in [0.15, 0.2) is 75.7 Å². The van der Waals surface area contributed by atoms with E-state index < -0.39 is 0 Å². The van der Waals surface area contributed by atoms with E-state index >= 15 is 0 Å². The summed E-state index contributed by atoms with van der Waals surface area (Å²) in [5.41, 5.74) is 8.27. The number of nitrogens with zero attached hydrogens (tertiary/aromatic N) is 1. The zero-order valence-corrected chi connectivity index (χ0v) is 18.8.